The number of rotatable bonds is 4. The summed E-state index contributed by atoms with van der Waals surface area (Å²) in [6.07, 6.45) is 0.641. The van der Waals surface area contributed by atoms with Crippen LogP contribution in [0.3, 0.4) is 0 Å². The summed E-state index contributed by atoms with van der Waals surface area (Å²) < 4.78 is 13.5. The number of pyridine rings is 1. The molecule has 0 aliphatic carbocycles. The van der Waals surface area contributed by atoms with Crippen LogP contribution < -0.4 is 5.32 Å². The SMILES string of the molecule is Cc1cccc(NC(C)Cc2ccccc2F)n1. The number of benzene rings is 1. The van der Waals surface area contributed by atoms with E-state index < -0.39 is 0 Å². The third-order valence-electron chi connectivity index (χ3n) is 2.77. The fraction of sp³-hybridized carbons (Fsp3) is 0.267. The molecule has 0 aliphatic rings. The van der Waals surface area contributed by atoms with E-state index in [9.17, 15) is 4.39 Å². The summed E-state index contributed by atoms with van der Waals surface area (Å²) in [5.74, 6) is 0.683. The molecule has 1 heterocycles. The molecule has 0 fully saturated rings. The first-order chi connectivity index (χ1) is 8.65. The van der Waals surface area contributed by atoms with Gasteiger partial charge in [-0.3, -0.25) is 0 Å². The summed E-state index contributed by atoms with van der Waals surface area (Å²) >= 11 is 0. The molecular formula is C15H17FN2. The zero-order valence-corrected chi connectivity index (χ0v) is 10.7. The molecule has 0 amide bonds. The molecule has 1 aromatic carbocycles. The van der Waals surface area contributed by atoms with E-state index in [0.29, 0.717) is 6.42 Å². The normalized spacial score (nSPS) is 12.2. The van der Waals surface area contributed by atoms with E-state index in [2.05, 4.69) is 10.3 Å². The van der Waals surface area contributed by atoms with Crippen LogP contribution in [0.1, 0.15) is 18.2 Å². The predicted octanol–water partition coefficient (Wildman–Crippen LogP) is 3.57. The van der Waals surface area contributed by atoms with E-state index in [1.54, 1.807) is 6.07 Å². The lowest BCUT2D eigenvalue weighted by atomic mass is 10.1. The zero-order chi connectivity index (χ0) is 13.0. The van der Waals surface area contributed by atoms with Gasteiger partial charge in [-0.15, -0.1) is 0 Å². The van der Waals surface area contributed by atoms with Crippen molar-refractivity contribution in [2.24, 2.45) is 0 Å². The van der Waals surface area contributed by atoms with Crippen LogP contribution in [-0.4, -0.2) is 11.0 Å². The summed E-state index contributed by atoms with van der Waals surface area (Å²) in [6, 6.07) is 12.8. The highest BCUT2D eigenvalue weighted by Gasteiger charge is 2.07. The third-order valence-corrected chi connectivity index (χ3v) is 2.77. The molecule has 1 aromatic heterocycles. The van der Waals surface area contributed by atoms with Crippen molar-refractivity contribution in [2.75, 3.05) is 5.32 Å². The Kier molecular flexibility index (Phi) is 3.92. The lowest BCUT2D eigenvalue weighted by molar-refractivity contribution is 0.601. The van der Waals surface area contributed by atoms with Crippen LogP contribution in [0.5, 0.6) is 0 Å². The highest BCUT2D eigenvalue weighted by molar-refractivity contribution is 5.36. The van der Waals surface area contributed by atoms with E-state index in [4.69, 9.17) is 0 Å². The molecule has 1 atom stereocenters. The number of aromatic nitrogens is 1. The van der Waals surface area contributed by atoms with Gasteiger partial charge in [0.2, 0.25) is 0 Å². The Labute approximate surface area is 107 Å². The van der Waals surface area contributed by atoms with Crippen molar-refractivity contribution in [1.82, 2.24) is 4.98 Å². The number of halogens is 1. The largest absolute Gasteiger partial charge is 0.367 e. The zero-order valence-electron chi connectivity index (χ0n) is 10.7. The molecule has 0 bridgehead atoms. The molecule has 2 aromatic rings. The summed E-state index contributed by atoms with van der Waals surface area (Å²) in [5.41, 5.74) is 1.70. The van der Waals surface area contributed by atoms with Gasteiger partial charge in [-0.2, -0.15) is 0 Å². The average molecular weight is 244 g/mol. The monoisotopic (exact) mass is 244 g/mol. The Balaban J connectivity index is 2.01. The van der Waals surface area contributed by atoms with Gasteiger partial charge in [0.25, 0.3) is 0 Å². The molecule has 1 unspecified atom stereocenters. The van der Waals surface area contributed by atoms with Gasteiger partial charge in [0.1, 0.15) is 11.6 Å². The second kappa shape index (κ2) is 5.63. The number of nitrogens with zero attached hydrogens (tertiary/aromatic N) is 1. The van der Waals surface area contributed by atoms with Crippen molar-refractivity contribution in [3.8, 4) is 0 Å². The molecule has 3 heteroatoms. The van der Waals surface area contributed by atoms with Crippen molar-refractivity contribution in [3.05, 3.63) is 59.5 Å². The fourth-order valence-corrected chi connectivity index (χ4v) is 1.92. The van der Waals surface area contributed by atoms with Gasteiger partial charge in [-0.1, -0.05) is 24.3 Å². The lowest BCUT2D eigenvalue weighted by Crippen LogP contribution is -2.19. The molecule has 0 saturated heterocycles. The second-order valence-corrected chi connectivity index (χ2v) is 4.51. The minimum Gasteiger partial charge on any atom is -0.367 e. The Morgan fingerprint density at radius 2 is 1.94 bits per heavy atom. The maximum Gasteiger partial charge on any atom is 0.126 e. The van der Waals surface area contributed by atoms with E-state index >= 15 is 0 Å². The smallest absolute Gasteiger partial charge is 0.126 e. The van der Waals surface area contributed by atoms with Crippen LogP contribution in [0.2, 0.25) is 0 Å². The van der Waals surface area contributed by atoms with Crippen LogP contribution in [-0.2, 0) is 6.42 Å². The highest BCUT2D eigenvalue weighted by Crippen LogP contribution is 2.12. The minimum atomic E-state index is -0.150. The van der Waals surface area contributed by atoms with E-state index in [1.165, 1.54) is 6.07 Å². The van der Waals surface area contributed by atoms with E-state index in [-0.39, 0.29) is 11.9 Å². The van der Waals surface area contributed by atoms with Crippen LogP contribution in [0.25, 0.3) is 0 Å². The van der Waals surface area contributed by atoms with Gasteiger partial charge in [-0.25, -0.2) is 9.37 Å². The van der Waals surface area contributed by atoms with Crippen LogP contribution in [0.4, 0.5) is 10.2 Å². The predicted molar refractivity (Wildman–Crippen MR) is 72.2 cm³/mol. The summed E-state index contributed by atoms with van der Waals surface area (Å²) in [6.45, 7) is 3.98. The molecule has 2 rings (SSSR count). The van der Waals surface area contributed by atoms with Gasteiger partial charge in [0.15, 0.2) is 0 Å². The lowest BCUT2D eigenvalue weighted by Gasteiger charge is -2.15. The number of hydrogen-bond acceptors (Lipinski definition) is 2. The number of nitrogens with one attached hydrogen (secondary N) is 1. The topological polar surface area (TPSA) is 24.9 Å². The number of aryl methyl sites for hydroxylation is 1. The fourth-order valence-electron chi connectivity index (χ4n) is 1.92. The Morgan fingerprint density at radius 1 is 1.17 bits per heavy atom. The van der Waals surface area contributed by atoms with Crippen LogP contribution >= 0.6 is 0 Å². The maximum atomic E-state index is 13.5. The average Bonchev–Trinajstić information content (AvgIpc) is 2.32. The van der Waals surface area contributed by atoms with E-state index in [0.717, 1.165) is 17.1 Å². The maximum absolute atomic E-state index is 13.5. The van der Waals surface area contributed by atoms with Crippen molar-refractivity contribution in [2.45, 2.75) is 26.3 Å². The summed E-state index contributed by atoms with van der Waals surface area (Å²) in [5, 5.41) is 3.28. The third kappa shape index (κ3) is 3.29. The van der Waals surface area contributed by atoms with Crippen molar-refractivity contribution in [1.29, 1.82) is 0 Å². The molecule has 94 valence electrons. The minimum absolute atomic E-state index is 0.135. The Bertz CT molecular complexity index is 525. The quantitative estimate of drug-likeness (QED) is 0.889. The number of hydrogen-bond donors (Lipinski definition) is 1. The summed E-state index contributed by atoms with van der Waals surface area (Å²) in [4.78, 5) is 4.37. The standard InChI is InChI=1S/C15H17FN2/c1-11-6-5-9-15(17-11)18-12(2)10-13-7-3-4-8-14(13)16/h3-9,12H,10H2,1-2H3,(H,17,18). The molecule has 0 spiro atoms. The molecule has 0 saturated carbocycles. The molecule has 18 heavy (non-hydrogen) atoms. The van der Waals surface area contributed by atoms with Crippen molar-refractivity contribution in [3.63, 3.8) is 0 Å². The molecule has 0 aliphatic heterocycles. The highest BCUT2D eigenvalue weighted by atomic mass is 19.1. The second-order valence-electron chi connectivity index (χ2n) is 4.51. The van der Waals surface area contributed by atoms with Crippen LogP contribution in [0, 0.1) is 12.7 Å². The van der Waals surface area contributed by atoms with Gasteiger partial charge >= 0.3 is 0 Å². The molecular weight excluding hydrogens is 227 g/mol. The first-order valence-electron chi connectivity index (χ1n) is 6.09. The summed E-state index contributed by atoms with van der Waals surface area (Å²) in [7, 11) is 0. The van der Waals surface area contributed by atoms with Gasteiger partial charge < -0.3 is 5.32 Å². The molecule has 0 radical (unpaired) electrons. The van der Waals surface area contributed by atoms with E-state index in [1.807, 2.05) is 44.2 Å². The van der Waals surface area contributed by atoms with Gasteiger partial charge in [0.05, 0.1) is 0 Å². The van der Waals surface area contributed by atoms with Crippen molar-refractivity contribution >= 4 is 5.82 Å². The molecule has 1 N–H and O–H groups in total. The van der Waals surface area contributed by atoms with Gasteiger partial charge in [-0.05, 0) is 44.0 Å². The Morgan fingerprint density at radius 3 is 2.67 bits per heavy atom. The van der Waals surface area contributed by atoms with Crippen LogP contribution in [0.15, 0.2) is 42.5 Å². The Hall–Kier alpha value is -1.90. The van der Waals surface area contributed by atoms with Crippen molar-refractivity contribution < 1.29 is 4.39 Å². The number of anilines is 1. The first kappa shape index (κ1) is 12.6. The molecule has 2 nitrogen and oxygen atoms in total. The first-order valence-corrected chi connectivity index (χ1v) is 6.09. The van der Waals surface area contributed by atoms with Gasteiger partial charge in [0, 0.05) is 11.7 Å².